The van der Waals surface area contributed by atoms with Crippen molar-refractivity contribution in [3.8, 4) is 0 Å². The number of aliphatic hydroxyl groups is 3. The van der Waals surface area contributed by atoms with Crippen molar-refractivity contribution >= 4 is 5.78 Å². The largest absolute Gasteiger partial charge is 0.393 e. The smallest absolute Gasteiger partial charge is 0.172 e. The van der Waals surface area contributed by atoms with E-state index in [0.29, 0.717) is 48.9 Å². The van der Waals surface area contributed by atoms with Gasteiger partial charge in [-0.25, -0.2) is 0 Å². The fourth-order valence-electron chi connectivity index (χ4n) is 19.8. The van der Waals surface area contributed by atoms with Gasteiger partial charge in [0.2, 0.25) is 0 Å². The minimum atomic E-state index is -0.908. The summed E-state index contributed by atoms with van der Waals surface area (Å²) < 4.78 is 27.5. The van der Waals surface area contributed by atoms with Crippen LogP contribution in [0.5, 0.6) is 0 Å². The van der Waals surface area contributed by atoms with Crippen LogP contribution in [0.1, 0.15) is 149 Å². The molecule has 3 N–H and O–H groups in total. The highest BCUT2D eigenvalue weighted by molar-refractivity contribution is 5.97. The monoisotopic (exact) mass is 881 g/mol. The van der Waals surface area contributed by atoms with Gasteiger partial charge in [-0.1, -0.05) is 47.1 Å². The van der Waals surface area contributed by atoms with E-state index < -0.39 is 28.7 Å². The molecule has 10 heteroatoms. The second-order valence-electron chi connectivity index (χ2n) is 26.6. The fraction of sp³-hybridized carbons (Fsp3) is 0.870. The summed E-state index contributed by atoms with van der Waals surface area (Å²) in [6.45, 7) is 20.5. The zero-order valence-electron chi connectivity index (χ0n) is 40.1. The first-order chi connectivity index (χ1) is 30.1. The summed E-state index contributed by atoms with van der Waals surface area (Å²) in [6, 6.07) is 0. The molecule has 0 bridgehead atoms. The van der Waals surface area contributed by atoms with E-state index in [4.69, 9.17) is 28.9 Å². The zero-order chi connectivity index (χ0) is 44.7. The molecule has 5 saturated carbocycles. The maximum Gasteiger partial charge on any atom is 0.172 e. The van der Waals surface area contributed by atoms with Crippen LogP contribution in [-0.4, -0.2) is 84.9 Å². The Labute approximate surface area is 380 Å². The lowest BCUT2D eigenvalue weighted by molar-refractivity contribution is -0.371. The van der Waals surface area contributed by atoms with E-state index in [1.54, 1.807) is 0 Å². The van der Waals surface area contributed by atoms with E-state index in [0.717, 1.165) is 74.7 Å². The minimum absolute atomic E-state index is 0.0499. The van der Waals surface area contributed by atoms with Crippen molar-refractivity contribution in [2.75, 3.05) is 6.61 Å². The molecule has 9 fully saturated rings. The van der Waals surface area contributed by atoms with Gasteiger partial charge >= 0.3 is 0 Å². The molecule has 64 heavy (non-hydrogen) atoms. The molecule has 0 unspecified atom stereocenters. The molecular formula is C54H76N2O8. The van der Waals surface area contributed by atoms with Crippen LogP contribution in [0, 0.1) is 86.8 Å². The number of ketones is 1. The van der Waals surface area contributed by atoms with Crippen LogP contribution >= 0.6 is 0 Å². The Kier molecular flexibility index (Phi) is 8.52. The van der Waals surface area contributed by atoms with Gasteiger partial charge in [0.25, 0.3) is 0 Å². The molecule has 4 saturated heterocycles. The number of carbonyl (C=O) groups excluding carboxylic acids is 1. The third-order valence-corrected chi connectivity index (χ3v) is 23.2. The lowest BCUT2D eigenvalue weighted by Gasteiger charge is -2.65. The zero-order valence-corrected chi connectivity index (χ0v) is 40.1. The number of hydrogen-bond acceptors (Lipinski definition) is 10. The van der Waals surface area contributed by atoms with Crippen LogP contribution in [0.3, 0.4) is 0 Å². The molecule has 0 aromatic carbocycles. The molecule has 5 heterocycles. The molecule has 4 aliphatic heterocycles. The molecule has 0 amide bonds. The van der Waals surface area contributed by atoms with E-state index in [1.807, 2.05) is 13.0 Å². The SMILES string of the molecule is C[C@H]1[C@H]2[C@H](C[C@@H]3[C@@H]4CC[C@H]5Cc6nc7c(nc6C[C@]5(C)[C@H]4C[C@@H](O)[C@]23C)C[C@@H]2C[C@H](O)[C@H]3C4=CC(=O)[C@H]5[C@H](C)[C@@]6(CC[C@](C)(O)CO6)O[C@H](C[C@@H]3[C@@]2(C)C7)[C@@]45C)O[C@@]12CCC(C)(C)O2. The number of fused-ring (bicyclic) bond motifs is 13. The summed E-state index contributed by atoms with van der Waals surface area (Å²) in [7, 11) is 0. The van der Waals surface area contributed by atoms with Crippen molar-refractivity contribution in [3.05, 3.63) is 34.4 Å². The van der Waals surface area contributed by atoms with E-state index in [9.17, 15) is 20.1 Å². The predicted octanol–water partition coefficient (Wildman–Crippen LogP) is 7.50. The van der Waals surface area contributed by atoms with Gasteiger partial charge in [-0.05, 0) is 150 Å². The van der Waals surface area contributed by atoms with Gasteiger partial charge in [0.1, 0.15) is 0 Å². The van der Waals surface area contributed by atoms with Crippen molar-refractivity contribution in [2.24, 2.45) is 86.8 Å². The maximum atomic E-state index is 14.2. The second kappa shape index (κ2) is 12.9. The molecule has 2 spiro atoms. The number of hydrogen-bond donors (Lipinski definition) is 3. The van der Waals surface area contributed by atoms with Crippen molar-refractivity contribution in [1.82, 2.24) is 9.97 Å². The number of allylic oxidation sites excluding steroid dienone is 1. The van der Waals surface area contributed by atoms with E-state index >= 15 is 0 Å². The van der Waals surface area contributed by atoms with Gasteiger partial charge in [-0.3, -0.25) is 14.8 Å². The Hall–Kier alpha value is -1.79. The third kappa shape index (κ3) is 5.16. The molecule has 350 valence electrons. The van der Waals surface area contributed by atoms with Gasteiger partial charge < -0.3 is 34.3 Å². The summed E-state index contributed by atoms with van der Waals surface area (Å²) in [5.41, 5.74) is 3.90. The second-order valence-corrected chi connectivity index (χ2v) is 26.6. The molecule has 1 aromatic heterocycles. The maximum absolute atomic E-state index is 14.2. The predicted molar refractivity (Wildman–Crippen MR) is 237 cm³/mol. The fourth-order valence-corrected chi connectivity index (χ4v) is 19.8. The first-order valence-electron chi connectivity index (χ1n) is 26.0. The molecule has 10 nitrogen and oxygen atoms in total. The summed E-state index contributed by atoms with van der Waals surface area (Å²) in [5.74, 6) is 1.10. The third-order valence-electron chi connectivity index (χ3n) is 23.2. The quantitative estimate of drug-likeness (QED) is 0.225. The van der Waals surface area contributed by atoms with Gasteiger partial charge in [0, 0.05) is 53.3 Å². The van der Waals surface area contributed by atoms with Crippen LogP contribution in [0.4, 0.5) is 0 Å². The van der Waals surface area contributed by atoms with Gasteiger partial charge in [0.15, 0.2) is 17.4 Å². The highest BCUT2D eigenvalue weighted by Gasteiger charge is 2.74. The van der Waals surface area contributed by atoms with Crippen molar-refractivity contribution < 1.29 is 39.1 Å². The Bertz CT molecular complexity index is 2230. The highest BCUT2D eigenvalue weighted by Crippen LogP contribution is 2.73. The number of rotatable bonds is 0. The first kappa shape index (κ1) is 42.3. The number of aliphatic hydroxyl groups excluding tert-OH is 2. The molecule has 22 atom stereocenters. The standard InChI is InChI=1S/C54H76N2O8/c1-26-45-40(58)19-34-44-33(22-43(52(34,45)9)63-53(26)15-13-48(5,60)25-61-53)50(7)24-38-36(17-29(50)18-39(44)57)56-37-23-49(6)28(16-35(37)55-38)10-11-30-31(49)21-42(59)51(8)32(30)20-41-46(51)27(2)54(62-41)14-12-47(3,4)64-54/h19,26-33,39,41-46,57,59-60H,10-18,20-25H2,1-9H3/t26-,27-,28-,29+,30+,31-,32+,33-,39-,41-,42+,43+,44+,45+,46-,48-,49-,50-,51+,52+,53+,54+/m0/s1. The summed E-state index contributed by atoms with van der Waals surface area (Å²) in [4.78, 5) is 25.5. The molecule has 12 aliphatic rings. The van der Waals surface area contributed by atoms with E-state index in [2.05, 4.69) is 55.4 Å². The Morgan fingerprint density at radius 3 is 2.08 bits per heavy atom. The Balaban J connectivity index is 0.781. The summed E-state index contributed by atoms with van der Waals surface area (Å²) >= 11 is 0. The van der Waals surface area contributed by atoms with E-state index in [-0.39, 0.29) is 88.1 Å². The summed E-state index contributed by atoms with van der Waals surface area (Å²) in [6.07, 6.45) is 13.3. The average Bonchev–Trinajstić information content (AvgIpc) is 3.89. The first-order valence-corrected chi connectivity index (χ1v) is 26.0. The van der Waals surface area contributed by atoms with Crippen LogP contribution < -0.4 is 0 Å². The number of carbonyl (C=O) groups is 1. The summed E-state index contributed by atoms with van der Waals surface area (Å²) in [5, 5.41) is 35.6. The van der Waals surface area contributed by atoms with Gasteiger partial charge in [-0.15, -0.1) is 0 Å². The number of aromatic nitrogens is 2. The number of nitrogens with zero attached hydrogens (tertiary/aromatic N) is 2. The average molecular weight is 881 g/mol. The van der Waals surface area contributed by atoms with Crippen LogP contribution in [0.25, 0.3) is 0 Å². The topological polar surface area (TPSA) is 140 Å². The van der Waals surface area contributed by atoms with Gasteiger partial charge in [-0.2, -0.15) is 0 Å². The lowest BCUT2D eigenvalue weighted by atomic mass is 9.43. The highest BCUT2D eigenvalue weighted by atomic mass is 16.7. The number of ether oxygens (including phenoxy) is 4. The van der Waals surface area contributed by atoms with E-state index in [1.165, 1.54) is 24.2 Å². The van der Waals surface area contributed by atoms with Crippen molar-refractivity contribution in [2.45, 2.75) is 199 Å². The minimum Gasteiger partial charge on any atom is -0.393 e. The Morgan fingerprint density at radius 2 is 1.41 bits per heavy atom. The van der Waals surface area contributed by atoms with Crippen molar-refractivity contribution in [1.29, 1.82) is 0 Å². The Morgan fingerprint density at radius 1 is 0.719 bits per heavy atom. The molecular weight excluding hydrogens is 805 g/mol. The normalized spacial score (nSPS) is 58.3. The van der Waals surface area contributed by atoms with Crippen LogP contribution in [-0.2, 0) is 49.4 Å². The van der Waals surface area contributed by atoms with Crippen LogP contribution in [0.15, 0.2) is 11.6 Å². The molecule has 13 rings (SSSR count). The molecule has 1 aromatic rings. The van der Waals surface area contributed by atoms with Crippen molar-refractivity contribution in [3.63, 3.8) is 0 Å². The van der Waals surface area contributed by atoms with Gasteiger partial charge in [0.05, 0.1) is 65.0 Å². The molecule has 8 aliphatic carbocycles. The lowest BCUT2D eigenvalue weighted by Crippen LogP contribution is -2.68. The van der Waals surface area contributed by atoms with Crippen LogP contribution in [0.2, 0.25) is 0 Å². The molecule has 0 radical (unpaired) electrons.